The van der Waals surface area contributed by atoms with Gasteiger partial charge in [-0.05, 0) is 22.3 Å². The molecule has 0 N–H and O–H groups in total. The molecule has 1 aliphatic carbocycles. The van der Waals surface area contributed by atoms with Gasteiger partial charge in [-0.25, -0.2) is 0 Å². The van der Waals surface area contributed by atoms with E-state index in [4.69, 9.17) is 0 Å². The maximum Gasteiger partial charge on any atom is 0.129 e. The van der Waals surface area contributed by atoms with E-state index in [0.717, 1.165) is 0 Å². The molecule has 0 heterocycles. The van der Waals surface area contributed by atoms with Gasteiger partial charge < -0.3 is 0 Å². The molecule has 0 atom stereocenters. The first-order valence-corrected chi connectivity index (χ1v) is 10.9. The Bertz CT molecular complexity index is 673. The Morgan fingerprint density at radius 3 is 1.52 bits per heavy atom. The molecule has 0 fully saturated rings. The fraction of sp³-hybridized carbons (Fsp3) is 0.200. The van der Waals surface area contributed by atoms with Crippen molar-refractivity contribution in [1.82, 2.24) is 0 Å². The smallest absolute Gasteiger partial charge is 0.129 e. The van der Waals surface area contributed by atoms with E-state index in [9.17, 15) is 0 Å². The summed E-state index contributed by atoms with van der Waals surface area (Å²) < 4.78 is 0. The van der Waals surface area contributed by atoms with Crippen molar-refractivity contribution in [1.29, 1.82) is 0 Å². The highest BCUT2D eigenvalue weighted by atomic mass is 28.3. The summed E-state index contributed by atoms with van der Waals surface area (Å²) in [6, 6.07) is 21.3. The van der Waals surface area contributed by atoms with Crippen LogP contribution >= 0.6 is 0 Å². The van der Waals surface area contributed by atoms with Gasteiger partial charge in [0.05, 0.1) is 5.92 Å². The Morgan fingerprint density at radius 1 is 0.714 bits per heavy atom. The number of benzene rings is 2. The van der Waals surface area contributed by atoms with Crippen molar-refractivity contribution in [2.45, 2.75) is 19.6 Å². The zero-order chi connectivity index (χ0) is 14.9. The lowest BCUT2D eigenvalue weighted by molar-refractivity contribution is 1.33. The quantitative estimate of drug-likeness (QED) is 0.532. The molecule has 1 heteroatoms. The van der Waals surface area contributed by atoms with Crippen molar-refractivity contribution in [2.24, 2.45) is 5.92 Å². The summed E-state index contributed by atoms with van der Waals surface area (Å²) in [5.41, 5.74) is 8.97. The summed E-state index contributed by atoms with van der Waals surface area (Å²) in [7, 11) is -1.33. The van der Waals surface area contributed by atoms with Gasteiger partial charge in [-0.3, -0.25) is 0 Å². The third-order valence-corrected chi connectivity index (χ3v) is 4.44. The maximum absolute atomic E-state index is 3.53. The predicted octanol–water partition coefficient (Wildman–Crippen LogP) is 5.11. The van der Waals surface area contributed by atoms with Crippen molar-refractivity contribution in [3.8, 4) is 11.5 Å². The third kappa shape index (κ3) is 3.17. The van der Waals surface area contributed by atoms with Crippen LogP contribution in [0.5, 0.6) is 0 Å². The summed E-state index contributed by atoms with van der Waals surface area (Å²) in [5, 5.41) is 0. The van der Waals surface area contributed by atoms with E-state index in [1.54, 1.807) is 0 Å². The molecule has 0 amide bonds. The van der Waals surface area contributed by atoms with Crippen molar-refractivity contribution < 1.29 is 0 Å². The van der Waals surface area contributed by atoms with Gasteiger partial charge in [0, 0.05) is 0 Å². The first-order valence-electron chi connectivity index (χ1n) is 7.44. The van der Waals surface area contributed by atoms with Gasteiger partial charge in [0.15, 0.2) is 0 Å². The molecule has 0 aromatic heterocycles. The van der Waals surface area contributed by atoms with Crippen LogP contribution in [0.2, 0.25) is 19.6 Å². The molecular formula is C20H20Si. The summed E-state index contributed by atoms with van der Waals surface area (Å²) in [4.78, 5) is 0. The SMILES string of the molecule is C[Si](C)(C)C#CC1C(c2ccccc2)=C1c1ccccc1. The Labute approximate surface area is 128 Å². The van der Waals surface area contributed by atoms with E-state index in [1.807, 2.05) is 0 Å². The Morgan fingerprint density at radius 2 is 1.14 bits per heavy atom. The molecule has 1 aliphatic rings. The average molecular weight is 288 g/mol. The Balaban J connectivity index is 1.98. The second kappa shape index (κ2) is 5.39. The minimum absolute atomic E-state index is 0.321. The van der Waals surface area contributed by atoms with Gasteiger partial charge in [-0.2, -0.15) is 0 Å². The lowest BCUT2D eigenvalue weighted by atomic mass is 10.1. The second-order valence-corrected chi connectivity index (χ2v) is 11.3. The lowest BCUT2D eigenvalue weighted by Crippen LogP contribution is -2.16. The van der Waals surface area contributed by atoms with Crippen LogP contribution in [0.15, 0.2) is 60.7 Å². The van der Waals surface area contributed by atoms with Gasteiger partial charge in [0.25, 0.3) is 0 Å². The summed E-state index contributed by atoms with van der Waals surface area (Å²) in [5.74, 6) is 3.85. The minimum atomic E-state index is -1.33. The van der Waals surface area contributed by atoms with Crippen LogP contribution in [0.1, 0.15) is 11.1 Å². The molecule has 0 saturated heterocycles. The van der Waals surface area contributed by atoms with Gasteiger partial charge in [-0.1, -0.05) is 86.2 Å². The highest BCUT2D eigenvalue weighted by Gasteiger charge is 2.36. The molecule has 2 aromatic rings. The summed E-state index contributed by atoms with van der Waals surface area (Å²) in [6.45, 7) is 6.90. The maximum atomic E-state index is 3.53. The molecule has 0 bridgehead atoms. The highest BCUT2D eigenvalue weighted by Crippen LogP contribution is 2.52. The van der Waals surface area contributed by atoms with Gasteiger partial charge in [0.1, 0.15) is 8.07 Å². The molecule has 3 rings (SSSR count). The minimum Gasteiger partial charge on any atom is -0.131 e. The summed E-state index contributed by atoms with van der Waals surface area (Å²) >= 11 is 0. The number of hydrogen-bond acceptors (Lipinski definition) is 0. The lowest BCUT2D eigenvalue weighted by Gasteiger charge is -2.03. The molecule has 104 valence electrons. The van der Waals surface area contributed by atoms with E-state index >= 15 is 0 Å². The molecule has 0 saturated carbocycles. The van der Waals surface area contributed by atoms with Gasteiger partial charge >= 0.3 is 0 Å². The number of allylic oxidation sites excluding steroid dienone is 2. The Hall–Kier alpha value is -2.04. The molecule has 0 nitrogen and oxygen atoms in total. The van der Waals surface area contributed by atoms with Crippen LogP contribution < -0.4 is 0 Å². The third-order valence-electron chi connectivity index (χ3n) is 3.55. The van der Waals surface area contributed by atoms with Crippen LogP contribution in [-0.2, 0) is 0 Å². The topological polar surface area (TPSA) is 0 Å². The average Bonchev–Trinajstić information content (AvgIpc) is 3.21. The van der Waals surface area contributed by atoms with Gasteiger partial charge in [0.2, 0.25) is 0 Å². The first-order chi connectivity index (χ1) is 10.1. The van der Waals surface area contributed by atoms with Crippen LogP contribution in [0.3, 0.4) is 0 Å². The standard InChI is InChI=1S/C20H20Si/c1-21(2,3)15-14-18-19(16-10-6-4-7-11-16)20(18)17-12-8-5-9-13-17/h4-13,18H,1-3H3. The fourth-order valence-electron chi connectivity index (χ4n) is 2.53. The monoisotopic (exact) mass is 288 g/mol. The van der Waals surface area contributed by atoms with Crippen LogP contribution in [0, 0.1) is 17.4 Å². The van der Waals surface area contributed by atoms with E-state index in [1.165, 1.54) is 22.3 Å². The molecule has 0 spiro atoms. The van der Waals surface area contributed by atoms with Gasteiger partial charge in [-0.15, -0.1) is 5.54 Å². The van der Waals surface area contributed by atoms with Crippen molar-refractivity contribution in [3.63, 3.8) is 0 Å². The second-order valence-electron chi connectivity index (χ2n) is 6.51. The Kier molecular flexibility index (Phi) is 3.57. The van der Waals surface area contributed by atoms with Crippen molar-refractivity contribution in [2.75, 3.05) is 0 Å². The zero-order valence-corrected chi connectivity index (χ0v) is 13.9. The normalized spacial score (nSPS) is 14.6. The molecule has 0 unspecified atom stereocenters. The number of rotatable bonds is 2. The van der Waals surface area contributed by atoms with Crippen molar-refractivity contribution in [3.05, 3.63) is 71.8 Å². The van der Waals surface area contributed by atoms with E-state index in [2.05, 4.69) is 91.8 Å². The molecule has 0 aliphatic heterocycles. The van der Waals surface area contributed by atoms with Crippen LogP contribution in [0.4, 0.5) is 0 Å². The van der Waals surface area contributed by atoms with E-state index in [-0.39, 0.29) is 0 Å². The fourth-order valence-corrected chi connectivity index (χ4v) is 3.11. The molecule has 2 aromatic carbocycles. The molecular weight excluding hydrogens is 268 g/mol. The zero-order valence-electron chi connectivity index (χ0n) is 12.9. The van der Waals surface area contributed by atoms with Crippen LogP contribution in [0.25, 0.3) is 11.1 Å². The van der Waals surface area contributed by atoms with Crippen molar-refractivity contribution >= 4 is 19.2 Å². The first kappa shape index (κ1) is 13.9. The molecule has 0 radical (unpaired) electrons. The van der Waals surface area contributed by atoms with E-state index in [0.29, 0.717) is 5.92 Å². The largest absolute Gasteiger partial charge is 0.131 e. The highest BCUT2D eigenvalue weighted by molar-refractivity contribution is 6.83. The predicted molar refractivity (Wildman–Crippen MR) is 94.3 cm³/mol. The van der Waals surface area contributed by atoms with Crippen LogP contribution in [-0.4, -0.2) is 8.07 Å². The summed E-state index contributed by atoms with van der Waals surface area (Å²) in [6.07, 6.45) is 0. The van der Waals surface area contributed by atoms with E-state index < -0.39 is 8.07 Å². The molecule has 21 heavy (non-hydrogen) atoms. The number of hydrogen-bond donors (Lipinski definition) is 0.